The minimum absolute atomic E-state index is 0.0187. The van der Waals surface area contributed by atoms with E-state index in [0.29, 0.717) is 47.2 Å². The Labute approximate surface area is 165 Å². The highest BCUT2D eigenvalue weighted by Gasteiger charge is 2.33. The number of aromatic amines is 1. The molecule has 0 spiro atoms. The highest BCUT2D eigenvalue weighted by molar-refractivity contribution is 6.31. The van der Waals surface area contributed by atoms with Gasteiger partial charge in [-0.3, -0.25) is 4.79 Å². The molecule has 0 saturated carbocycles. The molecule has 3 rings (SSSR count). The molecule has 27 heavy (non-hydrogen) atoms. The summed E-state index contributed by atoms with van der Waals surface area (Å²) in [5, 5.41) is 0.673. The van der Waals surface area contributed by atoms with Crippen molar-refractivity contribution in [2.45, 2.75) is 52.4 Å². The van der Waals surface area contributed by atoms with Gasteiger partial charge >= 0.3 is 5.97 Å². The number of Topliss-reactive ketones (excluding diaryl/α,β-unsaturated/α-hetero) is 1. The molecular formula is C22H26ClNO3. The third kappa shape index (κ3) is 3.96. The first-order valence-electron chi connectivity index (χ1n) is 9.62. The summed E-state index contributed by atoms with van der Waals surface area (Å²) in [5.41, 5.74) is 3.53. The Hall–Kier alpha value is -2.07. The van der Waals surface area contributed by atoms with Crippen molar-refractivity contribution >= 4 is 23.4 Å². The fourth-order valence-corrected chi connectivity index (χ4v) is 4.14. The van der Waals surface area contributed by atoms with E-state index in [2.05, 4.69) is 18.8 Å². The van der Waals surface area contributed by atoms with Gasteiger partial charge in [0, 0.05) is 22.7 Å². The number of H-pyrrole nitrogens is 1. The second kappa shape index (κ2) is 8.30. The lowest BCUT2D eigenvalue weighted by Gasteiger charge is -2.22. The second-order valence-electron chi connectivity index (χ2n) is 7.31. The number of ketones is 1. The zero-order chi connectivity index (χ0) is 19.6. The van der Waals surface area contributed by atoms with E-state index in [4.69, 9.17) is 16.3 Å². The fraction of sp³-hybridized carbons (Fsp3) is 0.455. The van der Waals surface area contributed by atoms with Crippen LogP contribution < -0.4 is 0 Å². The van der Waals surface area contributed by atoms with Crippen molar-refractivity contribution in [1.29, 1.82) is 0 Å². The van der Waals surface area contributed by atoms with Crippen molar-refractivity contribution in [3.63, 3.8) is 0 Å². The van der Waals surface area contributed by atoms with Gasteiger partial charge in [-0.15, -0.1) is 0 Å². The van der Waals surface area contributed by atoms with E-state index < -0.39 is 0 Å². The summed E-state index contributed by atoms with van der Waals surface area (Å²) in [6.07, 6.45) is 3.01. The van der Waals surface area contributed by atoms with Gasteiger partial charge in [0.2, 0.25) is 0 Å². The highest BCUT2D eigenvalue weighted by atomic mass is 35.5. The molecule has 1 atom stereocenters. The molecule has 4 nitrogen and oxygen atoms in total. The summed E-state index contributed by atoms with van der Waals surface area (Å²) >= 11 is 6.32. The van der Waals surface area contributed by atoms with Crippen LogP contribution in [0, 0.1) is 12.8 Å². The number of aromatic nitrogens is 1. The van der Waals surface area contributed by atoms with Crippen molar-refractivity contribution in [3.8, 4) is 0 Å². The van der Waals surface area contributed by atoms with Gasteiger partial charge in [-0.05, 0) is 42.4 Å². The topological polar surface area (TPSA) is 59.2 Å². The lowest BCUT2D eigenvalue weighted by Crippen LogP contribution is -2.18. The molecule has 1 aliphatic rings. The van der Waals surface area contributed by atoms with Crippen LogP contribution in [0.15, 0.2) is 24.3 Å². The molecule has 1 N–H and O–H groups in total. The Morgan fingerprint density at radius 3 is 2.63 bits per heavy atom. The third-order valence-corrected chi connectivity index (χ3v) is 5.99. The lowest BCUT2D eigenvalue weighted by molar-refractivity contribution is 0.0426. The lowest BCUT2D eigenvalue weighted by atomic mass is 9.81. The molecule has 0 radical (unpaired) electrons. The SMILES string of the molecule is CCC(CC)COC(=O)c1[nH]c2c(c1C)C(=O)C[C@H](c1ccccc1Cl)C2. The van der Waals surface area contributed by atoms with Crippen LogP contribution >= 0.6 is 11.6 Å². The molecule has 0 aliphatic heterocycles. The third-order valence-electron chi connectivity index (χ3n) is 5.64. The minimum atomic E-state index is -0.379. The zero-order valence-corrected chi connectivity index (χ0v) is 16.9. The van der Waals surface area contributed by atoms with Gasteiger partial charge in [0.25, 0.3) is 0 Å². The van der Waals surface area contributed by atoms with Crippen LogP contribution in [0.2, 0.25) is 5.02 Å². The number of carbonyl (C=O) groups is 2. The number of fused-ring (bicyclic) bond motifs is 1. The Morgan fingerprint density at radius 2 is 1.96 bits per heavy atom. The predicted molar refractivity (Wildman–Crippen MR) is 107 cm³/mol. The van der Waals surface area contributed by atoms with Crippen molar-refractivity contribution in [1.82, 2.24) is 4.98 Å². The minimum Gasteiger partial charge on any atom is -0.461 e. The van der Waals surface area contributed by atoms with E-state index in [1.54, 1.807) is 0 Å². The molecule has 0 bridgehead atoms. The average Bonchev–Trinajstić information content (AvgIpc) is 3.00. The monoisotopic (exact) mass is 387 g/mol. The van der Waals surface area contributed by atoms with Crippen LogP contribution in [0.5, 0.6) is 0 Å². The first kappa shape index (κ1) is 19.7. The molecule has 1 aromatic heterocycles. The molecule has 144 valence electrons. The van der Waals surface area contributed by atoms with Gasteiger partial charge in [-0.1, -0.05) is 56.5 Å². The molecule has 1 heterocycles. The smallest absolute Gasteiger partial charge is 0.355 e. The number of halogens is 1. The maximum atomic E-state index is 12.8. The predicted octanol–water partition coefficient (Wildman–Crippen LogP) is 5.48. The number of esters is 1. The number of rotatable bonds is 6. The summed E-state index contributed by atoms with van der Waals surface area (Å²) in [4.78, 5) is 28.5. The van der Waals surface area contributed by atoms with E-state index in [-0.39, 0.29) is 17.7 Å². The van der Waals surface area contributed by atoms with E-state index >= 15 is 0 Å². The first-order valence-corrected chi connectivity index (χ1v) is 10.00. The van der Waals surface area contributed by atoms with Crippen LogP contribution in [0.25, 0.3) is 0 Å². The number of hydrogen-bond acceptors (Lipinski definition) is 3. The largest absolute Gasteiger partial charge is 0.461 e. The quantitative estimate of drug-likeness (QED) is 0.667. The van der Waals surface area contributed by atoms with Crippen molar-refractivity contribution < 1.29 is 14.3 Å². The van der Waals surface area contributed by atoms with Gasteiger partial charge in [0.15, 0.2) is 5.78 Å². The Balaban J connectivity index is 1.83. The van der Waals surface area contributed by atoms with Crippen LogP contribution in [0.1, 0.15) is 76.7 Å². The Morgan fingerprint density at radius 1 is 1.26 bits per heavy atom. The molecule has 0 saturated heterocycles. The van der Waals surface area contributed by atoms with Gasteiger partial charge in [-0.2, -0.15) is 0 Å². The summed E-state index contributed by atoms with van der Waals surface area (Å²) in [7, 11) is 0. The second-order valence-corrected chi connectivity index (χ2v) is 7.72. The number of carbonyl (C=O) groups excluding carboxylic acids is 2. The van der Waals surface area contributed by atoms with Crippen molar-refractivity contribution in [3.05, 3.63) is 57.4 Å². The van der Waals surface area contributed by atoms with Crippen LogP contribution in [0.4, 0.5) is 0 Å². The van der Waals surface area contributed by atoms with E-state index in [1.165, 1.54) is 0 Å². The summed E-state index contributed by atoms with van der Waals surface area (Å²) in [6.45, 7) is 6.41. The molecule has 0 fully saturated rings. The van der Waals surface area contributed by atoms with Crippen molar-refractivity contribution in [2.75, 3.05) is 6.61 Å². The molecule has 5 heteroatoms. The van der Waals surface area contributed by atoms with Gasteiger partial charge in [0.05, 0.1) is 6.61 Å². The number of benzene rings is 1. The summed E-state index contributed by atoms with van der Waals surface area (Å²) < 4.78 is 5.49. The fourth-order valence-electron chi connectivity index (χ4n) is 3.85. The van der Waals surface area contributed by atoms with Crippen LogP contribution in [0.3, 0.4) is 0 Å². The molecule has 0 amide bonds. The Bertz CT molecular complexity index is 851. The van der Waals surface area contributed by atoms with Gasteiger partial charge < -0.3 is 9.72 Å². The number of hydrogen-bond donors (Lipinski definition) is 1. The van der Waals surface area contributed by atoms with Crippen LogP contribution in [-0.2, 0) is 11.2 Å². The van der Waals surface area contributed by atoms with Gasteiger partial charge in [-0.25, -0.2) is 4.79 Å². The normalized spacial score (nSPS) is 16.5. The van der Waals surface area contributed by atoms with E-state index in [9.17, 15) is 9.59 Å². The van der Waals surface area contributed by atoms with E-state index in [1.807, 2.05) is 31.2 Å². The molecule has 2 aromatic rings. The number of ether oxygens (including phenoxy) is 1. The van der Waals surface area contributed by atoms with Crippen molar-refractivity contribution in [2.24, 2.45) is 5.92 Å². The first-order chi connectivity index (χ1) is 13.0. The van der Waals surface area contributed by atoms with E-state index in [0.717, 1.165) is 24.1 Å². The number of nitrogens with one attached hydrogen (secondary N) is 1. The standard InChI is InChI=1S/C22H26ClNO3/c1-4-14(5-2)12-27-22(26)21-13(3)20-18(24-21)10-15(11-19(20)25)16-8-6-7-9-17(16)23/h6-9,14-15,24H,4-5,10-12H2,1-3H3/t15-/m1/s1. The molecular weight excluding hydrogens is 362 g/mol. The van der Waals surface area contributed by atoms with Crippen LogP contribution in [-0.4, -0.2) is 23.3 Å². The summed E-state index contributed by atoms with van der Waals surface area (Å²) in [5.74, 6) is 0.0557. The highest BCUT2D eigenvalue weighted by Crippen LogP contribution is 2.37. The average molecular weight is 388 g/mol. The maximum Gasteiger partial charge on any atom is 0.355 e. The Kier molecular flexibility index (Phi) is 6.05. The molecule has 1 aromatic carbocycles. The van der Waals surface area contributed by atoms with Gasteiger partial charge in [0.1, 0.15) is 5.69 Å². The molecule has 0 unspecified atom stereocenters. The zero-order valence-electron chi connectivity index (χ0n) is 16.1. The summed E-state index contributed by atoms with van der Waals surface area (Å²) in [6, 6.07) is 7.62. The molecule has 1 aliphatic carbocycles. The maximum absolute atomic E-state index is 12.8.